The first-order valence-corrected chi connectivity index (χ1v) is 6.48. The minimum Gasteiger partial charge on any atom is -0.444 e. The third-order valence-corrected chi connectivity index (χ3v) is 2.88. The minimum absolute atomic E-state index is 0.0609. The molecule has 1 aromatic rings. The first-order valence-electron chi connectivity index (χ1n) is 5.69. The second kappa shape index (κ2) is 4.43. The van der Waals surface area contributed by atoms with E-state index in [0.717, 1.165) is 0 Å². The highest BCUT2D eigenvalue weighted by atomic mass is 79.9. The maximum Gasteiger partial charge on any atom is 0.410 e. The summed E-state index contributed by atoms with van der Waals surface area (Å²) in [4.78, 5) is 9.97. The van der Waals surface area contributed by atoms with Gasteiger partial charge in [-0.15, -0.1) is 0 Å². The molecule has 0 N–H and O–H groups in total. The summed E-state index contributed by atoms with van der Waals surface area (Å²) >= 11 is 2.26. The lowest BCUT2D eigenvalue weighted by Crippen LogP contribution is -2.34. The van der Waals surface area contributed by atoms with E-state index in [1.54, 1.807) is 20.8 Å². The summed E-state index contributed by atoms with van der Waals surface area (Å²) in [6, 6.07) is 0. The van der Waals surface area contributed by atoms with Gasteiger partial charge in [0, 0.05) is 21.5 Å². The Bertz CT molecular complexity index is 505. The number of fused-ring (bicyclic) bond motifs is 1. The quantitative estimate of drug-likeness (QED) is 0.740. The molecule has 106 valence electrons. The molecule has 0 saturated carbocycles. The Morgan fingerprint density at radius 3 is 2.58 bits per heavy atom. The number of rotatable bonds is 1. The lowest BCUT2D eigenvalue weighted by Gasteiger charge is -2.24. The minimum atomic E-state index is -3.26. The molecule has 0 radical (unpaired) electrons. The third kappa shape index (κ3) is 3.05. The lowest BCUT2D eigenvalue weighted by atomic mass is 10.2. The molecule has 0 atom stereocenters. The molecule has 0 unspecified atom stereocenters. The van der Waals surface area contributed by atoms with Crippen LogP contribution in [0.25, 0.3) is 0 Å². The van der Waals surface area contributed by atoms with Gasteiger partial charge in [-0.2, -0.15) is 18.6 Å². The summed E-state index contributed by atoms with van der Waals surface area (Å²) in [7, 11) is 0. The Morgan fingerprint density at radius 1 is 1.42 bits per heavy atom. The van der Waals surface area contributed by atoms with Crippen molar-refractivity contribution in [3.8, 4) is 0 Å². The van der Waals surface area contributed by atoms with E-state index < -0.39 is 16.7 Å². The van der Waals surface area contributed by atoms with Crippen LogP contribution in [-0.4, -0.2) is 26.4 Å². The smallest absolute Gasteiger partial charge is 0.410 e. The topological polar surface area (TPSA) is 47.4 Å². The van der Waals surface area contributed by atoms with Gasteiger partial charge in [0.15, 0.2) is 0 Å². The first kappa shape index (κ1) is 14.2. The molecule has 0 aromatic carbocycles. The largest absolute Gasteiger partial charge is 0.444 e. The zero-order valence-corrected chi connectivity index (χ0v) is 12.4. The van der Waals surface area contributed by atoms with Crippen molar-refractivity contribution >= 4 is 22.0 Å². The number of nitrogens with zero attached hydrogens (tertiary/aromatic N) is 3. The average molecular weight is 338 g/mol. The van der Waals surface area contributed by atoms with Crippen LogP contribution in [0.1, 0.15) is 32.0 Å². The highest BCUT2D eigenvalue weighted by Gasteiger charge is 2.37. The van der Waals surface area contributed by atoms with E-state index in [2.05, 4.69) is 21.0 Å². The second-order valence-electron chi connectivity index (χ2n) is 5.33. The molecule has 1 aliphatic heterocycles. The van der Waals surface area contributed by atoms with Crippen LogP contribution in [0.2, 0.25) is 0 Å². The average Bonchev–Trinajstić information content (AvgIpc) is 2.68. The van der Waals surface area contributed by atoms with Gasteiger partial charge in [-0.05, 0) is 20.8 Å². The van der Waals surface area contributed by atoms with E-state index in [0.29, 0.717) is 15.9 Å². The molecule has 5 nitrogen and oxygen atoms in total. The maximum absolute atomic E-state index is 13.2. The predicted molar refractivity (Wildman–Crippen MR) is 66.8 cm³/mol. The Kier molecular flexibility index (Phi) is 3.32. The van der Waals surface area contributed by atoms with Crippen LogP contribution < -0.4 is 0 Å². The molecular formula is C11H14BrF2N3O2. The van der Waals surface area contributed by atoms with Crippen LogP contribution in [0.5, 0.6) is 0 Å². The molecule has 0 fully saturated rings. The van der Waals surface area contributed by atoms with Crippen molar-refractivity contribution in [2.45, 2.75) is 44.4 Å². The van der Waals surface area contributed by atoms with Crippen molar-refractivity contribution in [2.75, 3.05) is 0 Å². The summed E-state index contributed by atoms with van der Waals surface area (Å²) < 4.78 is 32.2. The number of carbonyl (C=O) groups excluding carboxylic acids is 1. The van der Waals surface area contributed by atoms with Crippen molar-refractivity contribution in [1.29, 1.82) is 0 Å². The fourth-order valence-electron chi connectivity index (χ4n) is 1.82. The third-order valence-electron chi connectivity index (χ3n) is 2.55. The summed E-state index contributed by atoms with van der Waals surface area (Å²) in [5.74, 6) is 0. The molecule has 1 aliphatic rings. The molecule has 0 saturated heterocycles. The number of hydrogen-bond acceptors (Lipinski definition) is 3. The molecule has 2 heterocycles. The van der Waals surface area contributed by atoms with E-state index in [4.69, 9.17) is 4.74 Å². The SMILES string of the molecule is CC(C)(C)OC(=O)N1Cc2cnn(C(F)(F)Br)c2C1. The van der Waals surface area contributed by atoms with Gasteiger partial charge in [-0.3, -0.25) is 4.90 Å². The zero-order chi connectivity index (χ0) is 14.4. The number of ether oxygens (including phenoxy) is 1. The van der Waals surface area contributed by atoms with E-state index in [-0.39, 0.29) is 13.1 Å². The summed E-state index contributed by atoms with van der Waals surface area (Å²) in [5, 5.41) is 3.62. The lowest BCUT2D eigenvalue weighted by molar-refractivity contribution is 0.0107. The van der Waals surface area contributed by atoms with Crippen molar-refractivity contribution in [1.82, 2.24) is 14.7 Å². The standard InChI is InChI=1S/C11H14BrF2N3O2/c1-10(2,3)19-9(18)16-5-7-4-15-17(8(7)6-16)11(12,13)14/h4H,5-6H2,1-3H3. The Hall–Kier alpha value is -1.18. The zero-order valence-electron chi connectivity index (χ0n) is 10.8. The second-order valence-corrected chi connectivity index (χ2v) is 6.29. The van der Waals surface area contributed by atoms with Gasteiger partial charge in [0.1, 0.15) is 5.60 Å². The molecule has 0 bridgehead atoms. The van der Waals surface area contributed by atoms with Crippen LogP contribution in [0.15, 0.2) is 6.20 Å². The van der Waals surface area contributed by atoms with Crippen LogP contribution >= 0.6 is 15.9 Å². The molecule has 8 heteroatoms. The summed E-state index contributed by atoms with van der Waals surface area (Å²) in [6.07, 6.45) is 0.822. The van der Waals surface area contributed by atoms with Crippen LogP contribution in [0, 0.1) is 0 Å². The highest BCUT2D eigenvalue weighted by Crippen LogP contribution is 2.33. The van der Waals surface area contributed by atoms with Gasteiger partial charge in [0.25, 0.3) is 0 Å². The number of hydrogen-bond donors (Lipinski definition) is 0. The molecule has 1 amide bonds. The Balaban J connectivity index is 2.13. The number of alkyl halides is 3. The summed E-state index contributed by atoms with van der Waals surface area (Å²) in [5.41, 5.74) is 0.301. The molecule has 2 rings (SSSR count). The van der Waals surface area contributed by atoms with Crippen molar-refractivity contribution in [3.63, 3.8) is 0 Å². The number of halogens is 3. The van der Waals surface area contributed by atoms with Crippen molar-refractivity contribution in [2.24, 2.45) is 0 Å². The fourth-order valence-corrected chi connectivity index (χ4v) is 2.13. The Labute approximate surface area is 117 Å². The van der Waals surface area contributed by atoms with Gasteiger partial charge >= 0.3 is 11.0 Å². The number of amides is 1. The van der Waals surface area contributed by atoms with E-state index in [9.17, 15) is 13.6 Å². The van der Waals surface area contributed by atoms with Gasteiger partial charge in [-0.25, -0.2) is 4.79 Å². The van der Waals surface area contributed by atoms with E-state index in [1.165, 1.54) is 11.1 Å². The number of aromatic nitrogens is 2. The molecular weight excluding hydrogens is 324 g/mol. The predicted octanol–water partition coefficient (Wildman–Crippen LogP) is 3.04. The summed E-state index contributed by atoms with van der Waals surface area (Å²) in [6.45, 7) is 5.55. The van der Waals surface area contributed by atoms with Gasteiger partial charge in [-0.1, -0.05) is 0 Å². The monoisotopic (exact) mass is 337 g/mol. The van der Waals surface area contributed by atoms with Crippen LogP contribution in [-0.2, 0) is 22.8 Å². The van der Waals surface area contributed by atoms with Crippen LogP contribution in [0.4, 0.5) is 13.6 Å². The normalized spacial score (nSPS) is 15.6. The van der Waals surface area contributed by atoms with Gasteiger partial charge in [0.05, 0.1) is 25.0 Å². The van der Waals surface area contributed by atoms with E-state index in [1.807, 2.05) is 0 Å². The maximum atomic E-state index is 13.2. The Morgan fingerprint density at radius 2 is 2.05 bits per heavy atom. The first-order chi connectivity index (χ1) is 8.58. The molecule has 0 spiro atoms. The van der Waals surface area contributed by atoms with Gasteiger partial charge in [0.2, 0.25) is 0 Å². The van der Waals surface area contributed by atoms with Crippen LogP contribution in [0.3, 0.4) is 0 Å². The highest BCUT2D eigenvalue weighted by molar-refractivity contribution is 9.09. The van der Waals surface area contributed by atoms with Crippen molar-refractivity contribution in [3.05, 3.63) is 17.5 Å². The van der Waals surface area contributed by atoms with E-state index >= 15 is 0 Å². The van der Waals surface area contributed by atoms with Gasteiger partial charge < -0.3 is 4.74 Å². The molecule has 19 heavy (non-hydrogen) atoms. The van der Waals surface area contributed by atoms with Crippen molar-refractivity contribution < 1.29 is 18.3 Å². The number of carbonyl (C=O) groups is 1. The molecule has 1 aromatic heterocycles. The fraction of sp³-hybridized carbons (Fsp3) is 0.636. The molecule has 0 aliphatic carbocycles.